The minimum atomic E-state index is -4.62. The molecular weight excluding hydrogens is 412 g/mol. The van der Waals surface area contributed by atoms with Crippen LogP contribution in [0.2, 0.25) is 0 Å². The van der Waals surface area contributed by atoms with Gasteiger partial charge in [-0.2, -0.15) is 13.2 Å². The molecule has 4 rings (SSSR count). The molecule has 9 heteroatoms. The van der Waals surface area contributed by atoms with Gasteiger partial charge >= 0.3 is 6.18 Å². The van der Waals surface area contributed by atoms with E-state index < -0.39 is 24.1 Å². The summed E-state index contributed by atoms with van der Waals surface area (Å²) in [6, 6.07) is 12.6. The average Bonchev–Trinajstić information content (AvgIpc) is 3.08. The van der Waals surface area contributed by atoms with Gasteiger partial charge in [-0.25, -0.2) is 4.99 Å². The Kier molecular flexibility index (Phi) is 5.34. The molecule has 2 aromatic heterocycles. The Labute approximate surface area is 175 Å². The van der Waals surface area contributed by atoms with Crippen LogP contribution >= 0.6 is 0 Å². The lowest BCUT2D eigenvalue weighted by Gasteiger charge is -2.29. The highest BCUT2D eigenvalue weighted by Gasteiger charge is 2.45. The fraction of sp³-hybridized carbons (Fsp3) is 0.227. The molecule has 31 heavy (non-hydrogen) atoms. The number of aliphatic imine (C=N–C) groups is 1. The molecule has 0 spiro atoms. The number of pyridine rings is 2. The van der Waals surface area contributed by atoms with Crippen molar-refractivity contribution in [2.75, 3.05) is 13.3 Å². The maximum Gasteiger partial charge on any atom is 0.433 e. The van der Waals surface area contributed by atoms with Crippen molar-refractivity contribution in [2.24, 2.45) is 10.7 Å². The minimum absolute atomic E-state index is 0.115. The minimum Gasteiger partial charge on any atom is -0.493 e. The topological polar surface area (TPSA) is 73.4 Å². The van der Waals surface area contributed by atoms with Crippen molar-refractivity contribution in [3.8, 4) is 5.75 Å². The van der Waals surface area contributed by atoms with Crippen molar-refractivity contribution in [1.29, 1.82) is 0 Å². The van der Waals surface area contributed by atoms with E-state index in [-0.39, 0.29) is 24.4 Å². The van der Waals surface area contributed by atoms with Crippen LogP contribution in [0.5, 0.6) is 5.75 Å². The van der Waals surface area contributed by atoms with Crippen molar-refractivity contribution in [3.63, 3.8) is 0 Å². The molecule has 5 nitrogen and oxygen atoms in total. The predicted octanol–water partition coefficient (Wildman–Crippen LogP) is 4.24. The molecule has 1 atom stereocenters. The zero-order valence-corrected chi connectivity index (χ0v) is 16.2. The molecule has 1 aliphatic rings. The first-order chi connectivity index (χ1) is 14.9. The van der Waals surface area contributed by atoms with Crippen LogP contribution in [0.3, 0.4) is 0 Å². The highest BCUT2D eigenvalue weighted by molar-refractivity contribution is 6.01. The number of hydrogen-bond donors (Lipinski definition) is 1. The number of rotatable bonds is 6. The van der Waals surface area contributed by atoms with Gasteiger partial charge in [0.2, 0.25) is 0 Å². The van der Waals surface area contributed by atoms with E-state index in [9.17, 15) is 17.6 Å². The normalized spacial score (nSPS) is 17.9. The molecule has 0 amide bonds. The lowest BCUT2D eigenvalue weighted by molar-refractivity contribution is -0.141. The van der Waals surface area contributed by atoms with Gasteiger partial charge in [-0.15, -0.1) is 0 Å². The number of ether oxygens (including phenoxy) is 1. The number of hydrogen-bond acceptors (Lipinski definition) is 5. The van der Waals surface area contributed by atoms with E-state index in [2.05, 4.69) is 15.0 Å². The van der Waals surface area contributed by atoms with Crippen LogP contribution in [0.4, 0.5) is 17.6 Å². The number of fused-ring (bicyclic) bond motifs is 1. The molecule has 0 saturated carbocycles. The lowest BCUT2D eigenvalue weighted by atomic mass is 9.78. The fourth-order valence-corrected chi connectivity index (χ4v) is 3.67. The molecule has 3 heterocycles. The quantitative estimate of drug-likeness (QED) is 0.469. The molecule has 0 bridgehead atoms. The summed E-state index contributed by atoms with van der Waals surface area (Å²) in [5.41, 5.74) is 5.46. The Morgan fingerprint density at radius 3 is 2.55 bits per heavy atom. The first kappa shape index (κ1) is 20.8. The first-order valence-electron chi connectivity index (χ1n) is 9.50. The Hall–Kier alpha value is -3.49. The highest BCUT2D eigenvalue weighted by atomic mass is 19.4. The lowest BCUT2D eigenvalue weighted by Crippen LogP contribution is -2.26. The van der Waals surface area contributed by atoms with Crippen LogP contribution in [0.15, 0.2) is 65.9 Å². The second-order valence-corrected chi connectivity index (χ2v) is 6.95. The van der Waals surface area contributed by atoms with Gasteiger partial charge in [0.1, 0.15) is 28.5 Å². The smallest absolute Gasteiger partial charge is 0.433 e. The van der Waals surface area contributed by atoms with Crippen LogP contribution < -0.4 is 10.5 Å². The Morgan fingerprint density at radius 1 is 0.968 bits per heavy atom. The van der Waals surface area contributed by atoms with Gasteiger partial charge in [0.05, 0.1) is 13.3 Å². The van der Waals surface area contributed by atoms with Gasteiger partial charge in [0.15, 0.2) is 0 Å². The Balaban J connectivity index is 1.93. The Morgan fingerprint density at radius 2 is 1.77 bits per heavy atom. The summed E-state index contributed by atoms with van der Waals surface area (Å²) in [5, 5.41) is 0. The van der Waals surface area contributed by atoms with E-state index >= 15 is 0 Å². The van der Waals surface area contributed by atoms with Crippen LogP contribution in [0, 0.1) is 0 Å². The number of nitrogens with two attached hydrogens (primary N) is 1. The third kappa shape index (κ3) is 3.71. The number of amidine groups is 1. The van der Waals surface area contributed by atoms with E-state index in [1.54, 1.807) is 42.6 Å². The standard InChI is InChI=1S/C22H18F4N4O/c23-8-3-11-31-16-5-1-4-14(12-16)21(15-7-10-28-18(13-15)22(24,25)26)17-6-2-9-29-19(17)20(27)30-21/h1-2,4-7,9-10,12-13H,3,8,11H2,(H2,27,30). The summed E-state index contributed by atoms with van der Waals surface area (Å²) < 4.78 is 58.2. The van der Waals surface area contributed by atoms with Crippen molar-refractivity contribution >= 4 is 5.84 Å². The molecule has 160 valence electrons. The molecule has 2 N–H and O–H groups in total. The number of nitrogens with zero attached hydrogens (tertiary/aromatic N) is 3. The van der Waals surface area contributed by atoms with Gasteiger partial charge in [-0.05, 0) is 41.5 Å². The van der Waals surface area contributed by atoms with Crippen LogP contribution in [0.25, 0.3) is 0 Å². The summed E-state index contributed by atoms with van der Waals surface area (Å²) in [4.78, 5) is 12.4. The van der Waals surface area contributed by atoms with Gasteiger partial charge in [-0.3, -0.25) is 14.4 Å². The second-order valence-electron chi connectivity index (χ2n) is 6.95. The van der Waals surface area contributed by atoms with Gasteiger partial charge in [0.25, 0.3) is 0 Å². The third-order valence-corrected chi connectivity index (χ3v) is 4.99. The monoisotopic (exact) mass is 430 g/mol. The maximum absolute atomic E-state index is 13.4. The summed E-state index contributed by atoms with van der Waals surface area (Å²) in [6.07, 6.45) is -1.75. The van der Waals surface area contributed by atoms with Crippen molar-refractivity contribution in [1.82, 2.24) is 9.97 Å². The second kappa shape index (κ2) is 7.98. The van der Waals surface area contributed by atoms with Gasteiger partial charge < -0.3 is 10.5 Å². The largest absolute Gasteiger partial charge is 0.493 e. The third-order valence-electron chi connectivity index (χ3n) is 4.99. The summed E-state index contributed by atoms with van der Waals surface area (Å²) >= 11 is 0. The van der Waals surface area contributed by atoms with Crippen LogP contribution in [0.1, 0.15) is 34.5 Å². The molecule has 1 aliphatic heterocycles. The molecule has 1 unspecified atom stereocenters. The van der Waals surface area contributed by atoms with E-state index in [0.717, 1.165) is 12.3 Å². The predicted molar refractivity (Wildman–Crippen MR) is 107 cm³/mol. The molecule has 0 radical (unpaired) electrons. The van der Waals surface area contributed by atoms with Gasteiger partial charge in [-0.1, -0.05) is 18.2 Å². The molecule has 0 aliphatic carbocycles. The SMILES string of the molecule is NC1=NC(c2cccc(OCCCF)c2)(c2ccnc(C(F)(F)F)c2)c2cccnc21. The van der Waals surface area contributed by atoms with Crippen LogP contribution in [-0.4, -0.2) is 29.1 Å². The van der Waals surface area contributed by atoms with E-state index in [4.69, 9.17) is 10.5 Å². The van der Waals surface area contributed by atoms with Gasteiger partial charge in [0, 0.05) is 24.4 Å². The zero-order valence-electron chi connectivity index (χ0n) is 16.2. The highest BCUT2D eigenvalue weighted by Crippen LogP contribution is 2.46. The average molecular weight is 430 g/mol. The molecule has 0 saturated heterocycles. The summed E-state index contributed by atoms with van der Waals surface area (Å²) in [6.45, 7) is -0.343. The van der Waals surface area contributed by atoms with Crippen molar-refractivity contribution in [2.45, 2.75) is 18.1 Å². The molecule has 3 aromatic rings. The molecular formula is C22H18F4N4O. The zero-order chi connectivity index (χ0) is 22.1. The molecule has 1 aromatic carbocycles. The van der Waals surface area contributed by atoms with E-state index in [1.165, 1.54) is 6.07 Å². The number of alkyl halides is 4. The van der Waals surface area contributed by atoms with Crippen molar-refractivity contribution < 1.29 is 22.3 Å². The maximum atomic E-state index is 13.4. The Bertz CT molecular complexity index is 1130. The first-order valence-corrected chi connectivity index (χ1v) is 9.50. The fourth-order valence-electron chi connectivity index (χ4n) is 3.67. The summed E-state index contributed by atoms with van der Waals surface area (Å²) in [7, 11) is 0. The van der Waals surface area contributed by atoms with Crippen LogP contribution in [-0.2, 0) is 11.7 Å². The number of halogens is 4. The summed E-state index contributed by atoms with van der Waals surface area (Å²) in [5.74, 6) is 0.561. The van der Waals surface area contributed by atoms with E-state index in [1.807, 2.05) is 0 Å². The van der Waals surface area contributed by atoms with Crippen molar-refractivity contribution in [3.05, 3.63) is 89.0 Å². The van der Waals surface area contributed by atoms with E-state index in [0.29, 0.717) is 22.6 Å². The molecule has 0 fully saturated rings. The number of aromatic nitrogens is 2. The number of benzene rings is 1.